The molecule has 0 saturated carbocycles. The first-order valence-corrected chi connectivity index (χ1v) is 6.96. The van der Waals surface area contributed by atoms with E-state index in [1.807, 2.05) is 24.3 Å². The molecule has 88 valence electrons. The molecule has 4 heteroatoms. The first-order chi connectivity index (χ1) is 8.16. The van der Waals surface area contributed by atoms with Gasteiger partial charge in [0.15, 0.2) is 0 Å². The fraction of sp³-hybridized carbons (Fsp3) is 0.0769. The van der Waals surface area contributed by atoms with Gasteiger partial charge in [0.2, 0.25) is 0 Å². The maximum absolute atomic E-state index is 13.1. The SMILES string of the molecule is Fc1ccc(Br)c(CNc2ccccc2I)c1. The van der Waals surface area contributed by atoms with Gasteiger partial charge in [-0.15, -0.1) is 0 Å². The molecule has 0 aromatic heterocycles. The second-order valence-corrected chi connectivity index (χ2v) is 5.59. The van der Waals surface area contributed by atoms with Gasteiger partial charge in [-0.1, -0.05) is 28.1 Å². The van der Waals surface area contributed by atoms with Crippen molar-refractivity contribution in [1.82, 2.24) is 0 Å². The third-order valence-corrected chi connectivity index (χ3v) is 4.07. The average molecular weight is 406 g/mol. The third-order valence-electron chi connectivity index (χ3n) is 2.35. The lowest BCUT2D eigenvalue weighted by Gasteiger charge is -2.09. The molecule has 0 aliphatic carbocycles. The van der Waals surface area contributed by atoms with Crippen LogP contribution in [0, 0.1) is 9.39 Å². The molecular formula is C13H10BrFIN. The van der Waals surface area contributed by atoms with E-state index in [4.69, 9.17) is 0 Å². The highest BCUT2D eigenvalue weighted by atomic mass is 127. The number of benzene rings is 2. The van der Waals surface area contributed by atoms with Crippen molar-refractivity contribution in [1.29, 1.82) is 0 Å². The van der Waals surface area contributed by atoms with Crippen LogP contribution in [0.25, 0.3) is 0 Å². The standard InChI is InChI=1S/C13H10BrFIN/c14-11-6-5-10(15)7-9(11)8-17-13-4-2-1-3-12(13)16/h1-7,17H,8H2. The molecule has 0 heterocycles. The molecule has 0 radical (unpaired) electrons. The zero-order valence-electron chi connectivity index (χ0n) is 8.88. The molecule has 2 aromatic carbocycles. The number of hydrogen-bond donors (Lipinski definition) is 1. The molecule has 0 spiro atoms. The number of para-hydroxylation sites is 1. The number of halogens is 3. The molecule has 0 saturated heterocycles. The van der Waals surface area contributed by atoms with E-state index in [-0.39, 0.29) is 5.82 Å². The Morgan fingerprint density at radius 1 is 1.18 bits per heavy atom. The van der Waals surface area contributed by atoms with Gasteiger partial charge in [-0.05, 0) is 58.5 Å². The van der Waals surface area contributed by atoms with Gasteiger partial charge in [0.05, 0.1) is 0 Å². The molecule has 2 aromatic rings. The van der Waals surface area contributed by atoms with Gasteiger partial charge in [-0.3, -0.25) is 0 Å². The molecule has 0 atom stereocenters. The van der Waals surface area contributed by atoms with E-state index in [1.54, 1.807) is 6.07 Å². The van der Waals surface area contributed by atoms with E-state index in [2.05, 4.69) is 43.8 Å². The van der Waals surface area contributed by atoms with Crippen molar-refractivity contribution in [3.63, 3.8) is 0 Å². The fourth-order valence-corrected chi connectivity index (χ4v) is 2.44. The Kier molecular flexibility index (Phi) is 4.39. The predicted octanol–water partition coefficient (Wildman–Crippen LogP) is 4.80. The van der Waals surface area contributed by atoms with E-state index in [1.165, 1.54) is 12.1 Å². The number of anilines is 1. The summed E-state index contributed by atoms with van der Waals surface area (Å²) in [5.74, 6) is -0.215. The van der Waals surface area contributed by atoms with Crippen LogP contribution in [0.4, 0.5) is 10.1 Å². The van der Waals surface area contributed by atoms with Crippen molar-refractivity contribution >= 4 is 44.2 Å². The average Bonchev–Trinajstić information content (AvgIpc) is 2.32. The Bertz CT molecular complexity index is 531. The van der Waals surface area contributed by atoms with E-state index in [0.717, 1.165) is 19.3 Å². The zero-order chi connectivity index (χ0) is 12.3. The van der Waals surface area contributed by atoms with Gasteiger partial charge in [-0.25, -0.2) is 4.39 Å². The Morgan fingerprint density at radius 2 is 1.94 bits per heavy atom. The molecule has 1 N–H and O–H groups in total. The van der Waals surface area contributed by atoms with Crippen LogP contribution < -0.4 is 5.32 Å². The maximum Gasteiger partial charge on any atom is 0.123 e. The molecule has 17 heavy (non-hydrogen) atoms. The van der Waals surface area contributed by atoms with Crippen molar-refractivity contribution < 1.29 is 4.39 Å². The summed E-state index contributed by atoms with van der Waals surface area (Å²) in [4.78, 5) is 0. The highest BCUT2D eigenvalue weighted by Crippen LogP contribution is 2.21. The number of nitrogens with one attached hydrogen (secondary N) is 1. The van der Waals surface area contributed by atoms with E-state index < -0.39 is 0 Å². The summed E-state index contributed by atoms with van der Waals surface area (Å²) in [5, 5.41) is 3.29. The second-order valence-electron chi connectivity index (χ2n) is 3.57. The summed E-state index contributed by atoms with van der Waals surface area (Å²) >= 11 is 5.68. The number of rotatable bonds is 3. The topological polar surface area (TPSA) is 12.0 Å². The van der Waals surface area contributed by atoms with Gasteiger partial charge >= 0.3 is 0 Å². The minimum atomic E-state index is -0.215. The van der Waals surface area contributed by atoms with Crippen LogP contribution in [-0.2, 0) is 6.54 Å². The summed E-state index contributed by atoms with van der Waals surface area (Å²) in [7, 11) is 0. The number of hydrogen-bond acceptors (Lipinski definition) is 1. The second kappa shape index (κ2) is 5.82. The van der Waals surface area contributed by atoms with Crippen molar-refractivity contribution in [3.05, 3.63) is 61.9 Å². The normalized spacial score (nSPS) is 10.3. The molecule has 0 aliphatic heterocycles. The fourth-order valence-electron chi connectivity index (χ4n) is 1.47. The quantitative estimate of drug-likeness (QED) is 0.723. The molecule has 0 fully saturated rings. The van der Waals surface area contributed by atoms with E-state index >= 15 is 0 Å². The molecule has 1 nitrogen and oxygen atoms in total. The van der Waals surface area contributed by atoms with Crippen LogP contribution in [0.5, 0.6) is 0 Å². The highest BCUT2D eigenvalue weighted by Gasteiger charge is 2.03. The summed E-state index contributed by atoms with van der Waals surface area (Å²) < 4.78 is 15.2. The lowest BCUT2D eigenvalue weighted by molar-refractivity contribution is 0.625. The maximum atomic E-state index is 13.1. The Balaban J connectivity index is 2.12. The molecular weight excluding hydrogens is 396 g/mol. The Labute approximate surface area is 122 Å². The Morgan fingerprint density at radius 3 is 2.71 bits per heavy atom. The molecule has 0 unspecified atom stereocenters. The lowest BCUT2D eigenvalue weighted by Crippen LogP contribution is -2.02. The lowest BCUT2D eigenvalue weighted by atomic mass is 10.2. The summed E-state index contributed by atoms with van der Waals surface area (Å²) in [6.45, 7) is 0.596. The van der Waals surface area contributed by atoms with Crippen LogP contribution in [0.1, 0.15) is 5.56 Å². The predicted molar refractivity (Wildman–Crippen MR) is 80.6 cm³/mol. The van der Waals surface area contributed by atoms with Crippen molar-refractivity contribution in [2.45, 2.75) is 6.54 Å². The molecule has 0 bridgehead atoms. The summed E-state index contributed by atoms with van der Waals surface area (Å²) in [6.07, 6.45) is 0. The van der Waals surface area contributed by atoms with Crippen LogP contribution >= 0.6 is 38.5 Å². The van der Waals surface area contributed by atoms with Crippen molar-refractivity contribution in [2.24, 2.45) is 0 Å². The van der Waals surface area contributed by atoms with E-state index in [0.29, 0.717) is 6.54 Å². The van der Waals surface area contributed by atoms with Crippen LogP contribution in [-0.4, -0.2) is 0 Å². The highest BCUT2D eigenvalue weighted by molar-refractivity contribution is 14.1. The van der Waals surface area contributed by atoms with Crippen molar-refractivity contribution in [3.8, 4) is 0 Å². The van der Waals surface area contributed by atoms with Gasteiger partial charge in [0.1, 0.15) is 5.82 Å². The van der Waals surface area contributed by atoms with Gasteiger partial charge in [-0.2, -0.15) is 0 Å². The van der Waals surface area contributed by atoms with Crippen LogP contribution in [0.2, 0.25) is 0 Å². The first-order valence-electron chi connectivity index (χ1n) is 5.09. The van der Waals surface area contributed by atoms with E-state index in [9.17, 15) is 4.39 Å². The largest absolute Gasteiger partial charge is 0.380 e. The van der Waals surface area contributed by atoms with Gasteiger partial charge in [0, 0.05) is 20.3 Å². The van der Waals surface area contributed by atoms with Crippen molar-refractivity contribution in [2.75, 3.05) is 5.32 Å². The monoisotopic (exact) mass is 405 g/mol. The smallest absolute Gasteiger partial charge is 0.123 e. The van der Waals surface area contributed by atoms with Gasteiger partial charge in [0.25, 0.3) is 0 Å². The Hall–Kier alpha value is -0.620. The summed E-state index contributed by atoms with van der Waals surface area (Å²) in [6, 6.07) is 12.7. The zero-order valence-corrected chi connectivity index (χ0v) is 12.6. The summed E-state index contributed by atoms with van der Waals surface area (Å²) in [5.41, 5.74) is 1.97. The molecule has 2 rings (SSSR count). The molecule has 0 amide bonds. The third kappa shape index (κ3) is 3.42. The first kappa shape index (κ1) is 12.8. The van der Waals surface area contributed by atoms with Crippen LogP contribution in [0.3, 0.4) is 0 Å². The minimum Gasteiger partial charge on any atom is -0.380 e. The molecule has 0 aliphatic rings. The minimum absolute atomic E-state index is 0.215. The van der Waals surface area contributed by atoms with Gasteiger partial charge < -0.3 is 5.32 Å². The van der Waals surface area contributed by atoms with Crippen LogP contribution in [0.15, 0.2) is 46.9 Å².